The first-order chi connectivity index (χ1) is 16.4. The zero-order chi connectivity index (χ0) is 24.2. The minimum absolute atomic E-state index is 0.0799. The summed E-state index contributed by atoms with van der Waals surface area (Å²) < 4.78 is 51.2. The van der Waals surface area contributed by atoms with Gasteiger partial charge in [0.15, 0.2) is 17.3 Å². The van der Waals surface area contributed by atoms with Gasteiger partial charge in [-0.3, -0.25) is 4.79 Å². The molecule has 0 bridgehead atoms. The number of esters is 1. The van der Waals surface area contributed by atoms with Gasteiger partial charge >= 0.3 is 12.6 Å². The van der Waals surface area contributed by atoms with Crippen molar-refractivity contribution in [2.45, 2.75) is 6.61 Å². The van der Waals surface area contributed by atoms with Crippen LogP contribution in [-0.4, -0.2) is 32.6 Å². The lowest BCUT2D eigenvalue weighted by Gasteiger charge is -2.10. The number of benzene rings is 3. The first kappa shape index (κ1) is 22.8. The number of ketones is 1. The van der Waals surface area contributed by atoms with Gasteiger partial charge in [-0.1, -0.05) is 18.2 Å². The van der Waals surface area contributed by atoms with E-state index in [4.69, 9.17) is 18.9 Å². The second-order valence-corrected chi connectivity index (χ2v) is 6.97. The van der Waals surface area contributed by atoms with Crippen LogP contribution in [0.1, 0.15) is 26.3 Å². The van der Waals surface area contributed by atoms with Gasteiger partial charge in [-0.05, 0) is 42.5 Å². The molecule has 0 N–H and O–H groups in total. The number of carbonyl (C=O) groups is 2. The fraction of sp³-hybridized carbons (Fsp3) is 0.120. The van der Waals surface area contributed by atoms with E-state index in [0.29, 0.717) is 11.5 Å². The first-order valence-electron chi connectivity index (χ1n) is 9.96. The molecule has 3 aromatic rings. The second-order valence-electron chi connectivity index (χ2n) is 6.97. The Morgan fingerprint density at radius 2 is 1.71 bits per heavy atom. The first-order valence-corrected chi connectivity index (χ1v) is 9.96. The number of allylic oxidation sites excluding steroid dienone is 1. The summed E-state index contributed by atoms with van der Waals surface area (Å²) in [6, 6.07) is 14.9. The number of para-hydroxylation sites is 1. The van der Waals surface area contributed by atoms with Crippen LogP contribution in [-0.2, 0) is 0 Å². The molecule has 7 nitrogen and oxygen atoms in total. The lowest BCUT2D eigenvalue weighted by Crippen LogP contribution is -2.09. The summed E-state index contributed by atoms with van der Waals surface area (Å²) in [5.41, 5.74) is 0.717. The van der Waals surface area contributed by atoms with E-state index < -0.39 is 18.4 Å². The van der Waals surface area contributed by atoms with Gasteiger partial charge in [-0.15, -0.1) is 0 Å². The van der Waals surface area contributed by atoms with Crippen molar-refractivity contribution >= 4 is 17.8 Å². The molecule has 0 aromatic heterocycles. The van der Waals surface area contributed by atoms with E-state index >= 15 is 0 Å². The van der Waals surface area contributed by atoms with E-state index in [1.807, 2.05) is 0 Å². The maximum atomic E-state index is 12.7. The number of alkyl halides is 2. The summed E-state index contributed by atoms with van der Waals surface area (Å²) in [5.74, 6) is -0.131. The van der Waals surface area contributed by atoms with Gasteiger partial charge in [0.25, 0.3) is 0 Å². The molecular weight excluding hydrogens is 450 g/mol. The molecule has 4 rings (SSSR count). The third-order valence-electron chi connectivity index (χ3n) is 4.89. The minimum atomic E-state index is -3.01. The van der Waals surface area contributed by atoms with Crippen LogP contribution in [0.15, 0.2) is 66.4 Å². The van der Waals surface area contributed by atoms with E-state index in [1.54, 1.807) is 12.1 Å². The van der Waals surface area contributed by atoms with Crippen molar-refractivity contribution in [2.75, 3.05) is 14.2 Å². The largest absolute Gasteiger partial charge is 0.493 e. The molecule has 0 saturated heterocycles. The van der Waals surface area contributed by atoms with Crippen LogP contribution in [0, 0.1) is 0 Å². The normalized spacial score (nSPS) is 13.4. The predicted molar refractivity (Wildman–Crippen MR) is 117 cm³/mol. The molecule has 3 aromatic carbocycles. The van der Waals surface area contributed by atoms with Crippen molar-refractivity contribution < 1.29 is 42.1 Å². The summed E-state index contributed by atoms with van der Waals surface area (Å²) >= 11 is 0. The van der Waals surface area contributed by atoms with Gasteiger partial charge in [-0.2, -0.15) is 8.78 Å². The topological polar surface area (TPSA) is 80.3 Å². The van der Waals surface area contributed by atoms with Crippen LogP contribution >= 0.6 is 0 Å². The predicted octanol–water partition coefficient (Wildman–Crippen LogP) is 5.14. The highest BCUT2D eigenvalue weighted by molar-refractivity contribution is 6.14. The van der Waals surface area contributed by atoms with Crippen LogP contribution in [0.4, 0.5) is 8.78 Å². The minimum Gasteiger partial charge on any atom is -0.493 e. The van der Waals surface area contributed by atoms with Crippen LogP contribution < -0.4 is 23.7 Å². The van der Waals surface area contributed by atoms with E-state index in [-0.39, 0.29) is 39.7 Å². The average Bonchev–Trinajstić information content (AvgIpc) is 3.13. The van der Waals surface area contributed by atoms with Gasteiger partial charge in [0.05, 0.1) is 25.3 Å². The third-order valence-corrected chi connectivity index (χ3v) is 4.89. The molecular formula is C25H18F2O7. The van der Waals surface area contributed by atoms with Crippen molar-refractivity contribution in [3.05, 3.63) is 83.1 Å². The molecule has 0 aliphatic carbocycles. The van der Waals surface area contributed by atoms with E-state index in [2.05, 4.69) is 4.74 Å². The van der Waals surface area contributed by atoms with Gasteiger partial charge in [-0.25, -0.2) is 4.79 Å². The number of halogens is 2. The van der Waals surface area contributed by atoms with Gasteiger partial charge < -0.3 is 23.7 Å². The highest BCUT2D eigenvalue weighted by Gasteiger charge is 2.28. The molecule has 174 valence electrons. The molecule has 0 atom stereocenters. The molecule has 1 heterocycles. The Balaban J connectivity index is 1.54. The Labute approximate surface area is 193 Å². The fourth-order valence-corrected chi connectivity index (χ4v) is 3.30. The summed E-state index contributed by atoms with van der Waals surface area (Å²) in [4.78, 5) is 25.3. The van der Waals surface area contributed by atoms with Crippen molar-refractivity contribution in [1.29, 1.82) is 0 Å². The SMILES string of the molecule is COc1ccc(C(=O)Oc2ccc3c(c2)O/C(=C\c2ccccc2OC(F)F)C3=O)cc1OC. The number of ether oxygens (including phenoxy) is 5. The lowest BCUT2D eigenvalue weighted by atomic mass is 10.1. The number of carbonyl (C=O) groups excluding carboxylic acids is 2. The van der Waals surface area contributed by atoms with Gasteiger partial charge in [0.2, 0.25) is 5.78 Å². The average molecular weight is 468 g/mol. The van der Waals surface area contributed by atoms with Crippen LogP contribution in [0.25, 0.3) is 6.08 Å². The Bertz CT molecular complexity index is 1280. The zero-order valence-corrected chi connectivity index (χ0v) is 18.0. The number of fused-ring (bicyclic) bond motifs is 1. The monoisotopic (exact) mass is 468 g/mol. The molecule has 0 fully saturated rings. The van der Waals surface area contributed by atoms with Crippen LogP contribution in [0.3, 0.4) is 0 Å². The Morgan fingerprint density at radius 3 is 2.44 bits per heavy atom. The molecule has 0 radical (unpaired) electrons. The molecule has 9 heteroatoms. The summed E-state index contributed by atoms with van der Waals surface area (Å²) in [5, 5.41) is 0. The van der Waals surface area contributed by atoms with E-state index in [9.17, 15) is 18.4 Å². The van der Waals surface area contributed by atoms with Gasteiger partial charge in [0.1, 0.15) is 17.2 Å². The Kier molecular flexibility index (Phi) is 6.44. The lowest BCUT2D eigenvalue weighted by molar-refractivity contribution is -0.0500. The number of hydrogen-bond acceptors (Lipinski definition) is 7. The Morgan fingerprint density at radius 1 is 0.941 bits per heavy atom. The second kappa shape index (κ2) is 9.62. The van der Waals surface area contributed by atoms with Crippen LogP contribution in [0.2, 0.25) is 0 Å². The summed E-state index contributed by atoms with van der Waals surface area (Å²) in [7, 11) is 2.93. The third kappa shape index (κ3) is 4.68. The van der Waals surface area contributed by atoms with E-state index in [0.717, 1.165) is 0 Å². The highest BCUT2D eigenvalue weighted by Crippen LogP contribution is 2.36. The number of hydrogen-bond donors (Lipinski definition) is 0. The Hall–Kier alpha value is -4.40. The number of rotatable bonds is 7. The maximum absolute atomic E-state index is 12.7. The van der Waals surface area contributed by atoms with Crippen molar-refractivity contribution in [3.63, 3.8) is 0 Å². The zero-order valence-electron chi connectivity index (χ0n) is 18.0. The smallest absolute Gasteiger partial charge is 0.387 e. The van der Waals surface area contributed by atoms with Crippen molar-refractivity contribution in [1.82, 2.24) is 0 Å². The quantitative estimate of drug-likeness (QED) is 0.270. The molecule has 1 aliphatic rings. The number of methoxy groups -OCH3 is 2. The fourth-order valence-electron chi connectivity index (χ4n) is 3.30. The summed E-state index contributed by atoms with van der Waals surface area (Å²) in [6.45, 7) is -3.01. The highest BCUT2D eigenvalue weighted by atomic mass is 19.3. The van der Waals surface area contributed by atoms with E-state index in [1.165, 1.54) is 68.8 Å². The molecule has 1 aliphatic heterocycles. The van der Waals surface area contributed by atoms with Gasteiger partial charge in [0, 0.05) is 11.6 Å². The molecule has 0 amide bonds. The number of Topliss-reactive ketones (excluding diaryl/α,β-unsaturated/α-hetero) is 1. The summed E-state index contributed by atoms with van der Waals surface area (Å²) in [6.07, 6.45) is 1.31. The standard InChI is InChI=1S/C25H18F2O7/c1-30-19-10-7-15(12-21(19)31-2)24(29)32-16-8-9-17-20(13-16)33-22(23(17)28)11-14-5-3-4-6-18(14)34-25(26)27/h3-13,25H,1-2H3/b22-11-. The molecule has 0 spiro atoms. The van der Waals surface area contributed by atoms with Crippen LogP contribution in [0.5, 0.6) is 28.7 Å². The van der Waals surface area contributed by atoms with Crippen molar-refractivity contribution in [2.24, 2.45) is 0 Å². The molecule has 34 heavy (non-hydrogen) atoms. The molecule has 0 unspecified atom stereocenters. The maximum Gasteiger partial charge on any atom is 0.387 e. The molecule has 0 saturated carbocycles. The van der Waals surface area contributed by atoms with Crippen molar-refractivity contribution in [3.8, 4) is 28.7 Å².